The van der Waals surface area contributed by atoms with E-state index in [2.05, 4.69) is 27.8 Å². The summed E-state index contributed by atoms with van der Waals surface area (Å²) >= 11 is 3.42. The Bertz CT molecular complexity index is 463. The third-order valence-corrected chi connectivity index (χ3v) is 3.91. The Morgan fingerprint density at radius 2 is 2.39 bits per heavy atom. The average molecular weight is 316 g/mol. The van der Waals surface area contributed by atoms with E-state index in [1.165, 1.54) is 0 Å². The number of rotatable bonds is 3. The van der Waals surface area contributed by atoms with Crippen LogP contribution in [-0.2, 0) is 11.3 Å². The van der Waals surface area contributed by atoms with Crippen molar-refractivity contribution in [3.05, 3.63) is 22.7 Å². The second kappa shape index (κ2) is 5.84. The Morgan fingerprint density at radius 1 is 1.61 bits per heavy atom. The van der Waals surface area contributed by atoms with E-state index in [1.54, 1.807) is 17.0 Å². The summed E-state index contributed by atoms with van der Waals surface area (Å²) in [4.78, 5) is 18.5. The van der Waals surface area contributed by atoms with Crippen LogP contribution in [0.2, 0.25) is 0 Å². The van der Waals surface area contributed by atoms with Crippen LogP contribution in [0.3, 0.4) is 0 Å². The van der Waals surface area contributed by atoms with Crippen molar-refractivity contribution in [2.24, 2.45) is 0 Å². The molecule has 2 rings (SSSR count). The first-order valence-corrected chi connectivity index (χ1v) is 7.29. The predicted molar refractivity (Wildman–Crippen MR) is 74.5 cm³/mol. The summed E-state index contributed by atoms with van der Waals surface area (Å²) in [5, 5.41) is 0.769. The Hall–Kier alpha value is -0.880. The van der Waals surface area contributed by atoms with Gasteiger partial charge in [0.05, 0.1) is 18.8 Å². The molecule has 100 valence electrons. The van der Waals surface area contributed by atoms with Gasteiger partial charge in [0.2, 0.25) is 0 Å². The lowest BCUT2D eigenvalue weighted by Gasteiger charge is -2.37. The Balaban J connectivity index is 2.32. The monoisotopic (exact) mass is 315 g/mol. The van der Waals surface area contributed by atoms with Crippen molar-refractivity contribution < 1.29 is 4.74 Å². The van der Waals surface area contributed by atoms with Crippen molar-refractivity contribution in [3.63, 3.8) is 0 Å². The van der Waals surface area contributed by atoms with Crippen LogP contribution in [0.15, 0.2) is 17.2 Å². The maximum absolute atomic E-state index is 12.2. The first kappa shape index (κ1) is 13.5. The zero-order chi connectivity index (χ0) is 13.1. The second-order valence-electron chi connectivity index (χ2n) is 4.45. The standard InChI is InChI=1S/C12H18BrN3O2/c1-3-15-5-4-14-11(12(15)17)16-7-10(6-13)18-8-9(16)2/h4-5,9-10H,3,6-8H2,1-2H3. The first-order chi connectivity index (χ1) is 8.67. The van der Waals surface area contributed by atoms with Crippen LogP contribution in [-0.4, -0.2) is 40.2 Å². The fourth-order valence-electron chi connectivity index (χ4n) is 2.09. The van der Waals surface area contributed by atoms with Crippen molar-refractivity contribution in [1.82, 2.24) is 9.55 Å². The molecule has 0 N–H and O–H groups in total. The molecule has 2 unspecified atom stereocenters. The molecule has 1 aromatic heterocycles. The van der Waals surface area contributed by atoms with Crippen molar-refractivity contribution in [2.45, 2.75) is 32.5 Å². The minimum Gasteiger partial charge on any atom is -0.373 e. The molecule has 0 saturated carbocycles. The summed E-state index contributed by atoms with van der Waals surface area (Å²) in [5.74, 6) is 0.529. The Labute approximate surface area is 115 Å². The lowest BCUT2D eigenvalue weighted by Crippen LogP contribution is -2.51. The van der Waals surface area contributed by atoms with Crippen molar-refractivity contribution in [2.75, 3.05) is 23.4 Å². The van der Waals surface area contributed by atoms with Gasteiger partial charge in [-0.05, 0) is 13.8 Å². The molecular weight excluding hydrogens is 298 g/mol. The van der Waals surface area contributed by atoms with Gasteiger partial charge < -0.3 is 14.2 Å². The number of aromatic nitrogens is 2. The largest absolute Gasteiger partial charge is 0.373 e. The lowest BCUT2D eigenvalue weighted by molar-refractivity contribution is 0.0375. The van der Waals surface area contributed by atoms with Crippen LogP contribution in [0.5, 0.6) is 0 Å². The summed E-state index contributed by atoms with van der Waals surface area (Å²) in [5.41, 5.74) is -0.0259. The van der Waals surface area contributed by atoms with E-state index in [0.29, 0.717) is 25.5 Å². The fourth-order valence-corrected chi connectivity index (χ4v) is 2.48. The molecule has 0 spiro atoms. The second-order valence-corrected chi connectivity index (χ2v) is 5.10. The van der Waals surface area contributed by atoms with Gasteiger partial charge in [0, 0.05) is 30.8 Å². The number of halogens is 1. The highest BCUT2D eigenvalue weighted by Gasteiger charge is 2.28. The topological polar surface area (TPSA) is 47.4 Å². The number of alkyl halides is 1. The minimum atomic E-state index is -0.0259. The smallest absolute Gasteiger partial charge is 0.293 e. The van der Waals surface area contributed by atoms with Gasteiger partial charge in [-0.1, -0.05) is 15.9 Å². The normalized spacial score (nSPS) is 24.3. The first-order valence-electron chi connectivity index (χ1n) is 6.17. The lowest BCUT2D eigenvalue weighted by atomic mass is 10.2. The van der Waals surface area contributed by atoms with Crippen LogP contribution in [0.4, 0.5) is 5.82 Å². The van der Waals surface area contributed by atoms with E-state index in [0.717, 1.165) is 5.33 Å². The molecule has 0 bridgehead atoms. The van der Waals surface area contributed by atoms with Crippen LogP contribution in [0.1, 0.15) is 13.8 Å². The predicted octanol–water partition coefficient (Wildman–Crippen LogP) is 1.25. The highest BCUT2D eigenvalue weighted by Crippen LogP contribution is 2.17. The quantitative estimate of drug-likeness (QED) is 0.788. The molecule has 1 saturated heterocycles. The summed E-state index contributed by atoms with van der Waals surface area (Å²) in [6.07, 6.45) is 3.52. The summed E-state index contributed by atoms with van der Waals surface area (Å²) < 4.78 is 7.34. The van der Waals surface area contributed by atoms with Gasteiger partial charge >= 0.3 is 0 Å². The van der Waals surface area contributed by atoms with Crippen LogP contribution < -0.4 is 10.5 Å². The van der Waals surface area contributed by atoms with Crippen LogP contribution in [0, 0.1) is 0 Å². The van der Waals surface area contributed by atoms with Gasteiger partial charge in [0.15, 0.2) is 5.82 Å². The van der Waals surface area contributed by atoms with Crippen LogP contribution in [0.25, 0.3) is 0 Å². The summed E-state index contributed by atoms with van der Waals surface area (Å²) in [7, 11) is 0. The number of ether oxygens (including phenoxy) is 1. The zero-order valence-corrected chi connectivity index (χ0v) is 12.3. The molecule has 0 amide bonds. The average Bonchev–Trinajstić information content (AvgIpc) is 2.40. The number of nitrogens with zero attached hydrogens (tertiary/aromatic N) is 3. The van der Waals surface area contributed by atoms with E-state index in [-0.39, 0.29) is 17.7 Å². The Morgan fingerprint density at radius 3 is 3.06 bits per heavy atom. The summed E-state index contributed by atoms with van der Waals surface area (Å²) in [6.45, 7) is 5.99. The number of hydrogen-bond donors (Lipinski definition) is 0. The van der Waals surface area contributed by atoms with Gasteiger partial charge in [-0.2, -0.15) is 0 Å². The zero-order valence-electron chi connectivity index (χ0n) is 10.7. The number of morpholine rings is 1. The minimum absolute atomic E-state index is 0.0259. The molecule has 1 fully saturated rings. The third-order valence-electron chi connectivity index (χ3n) is 3.19. The molecule has 5 nitrogen and oxygen atoms in total. The van der Waals surface area contributed by atoms with E-state index >= 15 is 0 Å². The maximum atomic E-state index is 12.2. The molecule has 2 heterocycles. The SMILES string of the molecule is CCn1ccnc(N2CC(CBr)OCC2C)c1=O. The van der Waals surface area contributed by atoms with E-state index in [4.69, 9.17) is 4.74 Å². The van der Waals surface area contributed by atoms with E-state index in [9.17, 15) is 4.79 Å². The highest BCUT2D eigenvalue weighted by molar-refractivity contribution is 9.09. The molecule has 1 aromatic rings. The molecule has 0 radical (unpaired) electrons. The Kier molecular flexibility index (Phi) is 4.40. The van der Waals surface area contributed by atoms with Gasteiger partial charge in [-0.25, -0.2) is 4.98 Å². The van der Waals surface area contributed by atoms with Crippen LogP contribution >= 0.6 is 15.9 Å². The fraction of sp³-hybridized carbons (Fsp3) is 0.667. The van der Waals surface area contributed by atoms with Crippen molar-refractivity contribution in [1.29, 1.82) is 0 Å². The van der Waals surface area contributed by atoms with E-state index < -0.39 is 0 Å². The molecule has 6 heteroatoms. The highest BCUT2D eigenvalue weighted by atomic mass is 79.9. The van der Waals surface area contributed by atoms with Gasteiger partial charge in [-0.3, -0.25) is 4.79 Å². The van der Waals surface area contributed by atoms with E-state index in [1.807, 2.05) is 11.8 Å². The van der Waals surface area contributed by atoms with Gasteiger partial charge in [0.1, 0.15) is 0 Å². The molecule has 18 heavy (non-hydrogen) atoms. The molecule has 0 aromatic carbocycles. The molecule has 2 atom stereocenters. The van der Waals surface area contributed by atoms with Crippen molar-refractivity contribution >= 4 is 21.7 Å². The molecule has 1 aliphatic heterocycles. The molecule has 0 aliphatic carbocycles. The third kappa shape index (κ3) is 2.59. The molecular formula is C12H18BrN3O2. The number of hydrogen-bond acceptors (Lipinski definition) is 4. The maximum Gasteiger partial charge on any atom is 0.293 e. The number of anilines is 1. The van der Waals surface area contributed by atoms with Gasteiger partial charge in [0.25, 0.3) is 5.56 Å². The van der Waals surface area contributed by atoms with Crippen molar-refractivity contribution in [3.8, 4) is 0 Å². The number of aryl methyl sites for hydroxylation is 1. The van der Waals surface area contributed by atoms with Gasteiger partial charge in [-0.15, -0.1) is 0 Å². The molecule has 1 aliphatic rings. The summed E-state index contributed by atoms with van der Waals surface area (Å²) in [6, 6.07) is 0.174.